The third-order valence-electron chi connectivity index (χ3n) is 4.02. The van der Waals surface area contributed by atoms with E-state index in [2.05, 4.69) is 5.32 Å². The largest absolute Gasteiger partial charge is 0.497 e. The van der Waals surface area contributed by atoms with E-state index in [-0.39, 0.29) is 24.3 Å². The zero-order valence-electron chi connectivity index (χ0n) is 12.9. The highest BCUT2D eigenvalue weighted by Crippen LogP contribution is 2.18. The maximum atomic E-state index is 12.2. The number of rotatable bonds is 5. The number of hydrogen-bond acceptors (Lipinski definition) is 4. The molecule has 1 aromatic carbocycles. The van der Waals surface area contributed by atoms with Crippen molar-refractivity contribution in [1.29, 1.82) is 0 Å². The van der Waals surface area contributed by atoms with Gasteiger partial charge in [-0.15, -0.1) is 0 Å². The zero-order chi connectivity index (χ0) is 15.9. The predicted molar refractivity (Wildman–Crippen MR) is 83.2 cm³/mol. The lowest BCUT2D eigenvalue weighted by Crippen LogP contribution is -2.44. The molecule has 1 aromatic rings. The lowest BCUT2D eigenvalue weighted by molar-refractivity contribution is -0.134. The van der Waals surface area contributed by atoms with Crippen molar-refractivity contribution in [3.63, 3.8) is 0 Å². The molecule has 0 radical (unpaired) electrons. The fourth-order valence-electron chi connectivity index (χ4n) is 2.60. The highest BCUT2D eigenvalue weighted by Gasteiger charge is 2.26. The minimum Gasteiger partial charge on any atom is -0.497 e. The van der Waals surface area contributed by atoms with Gasteiger partial charge in [0, 0.05) is 25.6 Å². The second-order valence-corrected chi connectivity index (χ2v) is 5.43. The molecule has 6 nitrogen and oxygen atoms in total. The van der Waals surface area contributed by atoms with Crippen molar-refractivity contribution in [3.05, 3.63) is 29.8 Å². The molecule has 0 saturated carbocycles. The van der Waals surface area contributed by atoms with Crippen molar-refractivity contribution >= 4 is 11.8 Å². The number of likely N-dealkylation sites (tertiary alicyclic amines) is 1. The van der Waals surface area contributed by atoms with E-state index in [4.69, 9.17) is 10.5 Å². The molecule has 1 saturated heterocycles. The van der Waals surface area contributed by atoms with Crippen LogP contribution >= 0.6 is 0 Å². The number of nitrogens with one attached hydrogen (secondary N) is 1. The predicted octanol–water partition coefficient (Wildman–Crippen LogP) is 0.509. The minimum absolute atomic E-state index is 0.0277. The Balaban J connectivity index is 1.77. The molecule has 2 amide bonds. The molecule has 2 rings (SSSR count). The number of ether oxygens (including phenoxy) is 1. The van der Waals surface area contributed by atoms with Crippen molar-refractivity contribution in [2.45, 2.75) is 19.4 Å². The molecular formula is C16H23N3O3. The van der Waals surface area contributed by atoms with Crippen LogP contribution in [0.3, 0.4) is 0 Å². The highest BCUT2D eigenvalue weighted by molar-refractivity contribution is 5.80. The van der Waals surface area contributed by atoms with E-state index in [9.17, 15) is 9.59 Å². The molecule has 1 fully saturated rings. The average Bonchev–Trinajstić information content (AvgIpc) is 2.59. The monoisotopic (exact) mass is 305 g/mol. The van der Waals surface area contributed by atoms with Gasteiger partial charge in [-0.2, -0.15) is 0 Å². The number of carbonyl (C=O) groups excluding carboxylic acids is 2. The van der Waals surface area contributed by atoms with E-state index in [1.807, 2.05) is 24.3 Å². The van der Waals surface area contributed by atoms with E-state index in [1.165, 1.54) is 0 Å². The van der Waals surface area contributed by atoms with Crippen LogP contribution in [-0.4, -0.2) is 43.5 Å². The molecule has 120 valence electrons. The first-order chi connectivity index (χ1) is 10.6. The number of hydrogen-bond donors (Lipinski definition) is 2. The molecule has 6 heteroatoms. The van der Waals surface area contributed by atoms with Crippen LogP contribution < -0.4 is 15.8 Å². The fraction of sp³-hybridized carbons (Fsp3) is 0.500. The van der Waals surface area contributed by atoms with Gasteiger partial charge in [0.05, 0.1) is 13.7 Å². The number of amides is 2. The Morgan fingerprint density at radius 2 is 1.91 bits per heavy atom. The van der Waals surface area contributed by atoms with Gasteiger partial charge in [-0.1, -0.05) is 12.1 Å². The summed E-state index contributed by atoms with van der Waals surface area (Å²) in [6, 6.07) is 7.61. The number of nitrogens with zero attached hydrogens (tertiary/aromatic N) is 1. The van der Waals surface area contributed by atoms with Gasteiger partial charge in [0.25, 0.3) is 0 Å². The molecule has 1 aliphatic rings. The third-order valence-corrected chi connectivity index (χ3v) is 4.02. The summed E-state index contributed by atoms with van der Waals surface area (Å²) in [6.45, 7) is 1.76. The van der Waals surface area contributed by atoms with Crippen molar-refractivity contribution in [2.75, 3.05) is 26.7 Å². The Morgan fingerprint density at radius 1 is 1.27 bits per heavy atom. The summed E-state index contributed by atoms with van der Waals surface area (Å²) in [6.07, 6.45) is 1.39. The SMILES string of the molecule is COc1ccc(CNC(=O)C2CCN(C(=O)CN)CC2)cc1. The maximum Gasteiger partial charge on any atom is 0.236 e. The van der Waals surface area contributed by atoms with Crippen molar-refractivity contribution in [2.24, 2.45) is 11.7 Å². The van der Waals surface area contributed by atoms with Gasteiger partial charge >= 0.3 is 0 Å². The van der Waals surface area contributed by atoms with Crippen molar-refractivity contribution in [1.82, 2.24) is 10.2 Å². The maximum absolute atomic E-state index is 12.2. The number of methoxy groups -OCH3 is 1. The van der Waals surface area contributed by atoms with Gasteiger partial charge in [-0.05, 0) is 30.5 Å². The molecule has 0 aromatic heterocycles. The molecule has 1 heterocycles. The highest BCUT2D eigenvalue weighted by atomic mass is 16.5. The summed E-state index contributed by atoms with van der Waals surface area (Å²) in [5.74, 6) is 0.778. The second kappa shape index (κ2) is 7.79. The molecule has 0 spiro atoms. The van der Waals surface area contributed by atoms with E-state index in [0.717, 1.165) is 11.3 Å². The Morgan fingerprint density at radius 3 is 2.45 bits per heavy atom. The Labute approximate surface area is 130 Å². The van der Waals surface area contributed by atoms with E-state index >= 15 is 0 Å². The van der Waals surface area contributed by atoms with Crippen LogP contribution in [0.1, 0.15) is 18.4 Å². The van der Waals surface area contributed by atoms with Gasteiger partial charge in [0.2, 0.25) is 11.8 Å². The molecule has 3 N–H and O–H groups in total. The molecule has 0 aliphatic carbocycles. The van der Waals surface area contributed by atoms with Gasteiger partial charge in [0.15, 0.2) is 0 Å². The third kappa shape index (κ3) is 4.21. The normalized spacial score (nSPS) is 15.5. The van der Waals surface area contributed by atoms with Crippen LogP contribution in [0.2, 0.25) is 0 Å². The van der Waals surface area contributed by atoms with E-state index in [1.54, 1.807) is 12.0 Å². The summed E-state index contributed by atoms with van der Waals surface area (Å²) < 4.78 is 5.10. The number of nitrogens with two attached hydrogens (primary N) is 1. The van der Waals surface area contributed by atoms with Gasteiger partial charge in [-0.25, -0.2) is 0 Å². The molecule has 22 heavy (non-hydrogen) atoms. The first-order valence-electron chi connectivity index (χ1n) is 7.52. The Bertz CT molecular complexity index is 508. The second-order valence-electron chi connectivity index (χ2n) is 5.43. The Kier molecular flexibility index (Phi) is 5.77. The smallest absolute Gasteiger partial charge is 0.236 e. The zero-order valence-corrected chi connectivity index (χ0v) is 12.9. The Hall–Kier alpha value is -2.08. The lowest BCUT2D eigenvalue weighted by Gasteiger charge is -2.31. The average molecular weight is 305 g/mol. The summed E-state index contributed by atoms with van der Waals surface area (Å²) in [7, 11) is 1.62. The van der Waals surface area contributed by atoms with Crippen LogP contribution in [0.4, 0.5) is 0 Å². The topological polar surface area (TPSA) is 84.7 Å². The van der Waals surface area contributed by atoms with Crippen LogP contribution in [0, 0.1) is 5.92 Å². The lowest BCUT2D eigenvalue weighted by atomic mass is 9.95. The van der Waals surface area contributed by atoms with Crippen LogP contribution in [0.25, 0.3) is 0 Å². The standard InChI is InChI=1S/C16H23N3O3/c1-22-14-4-2-12(3-5-14)11-18-16(21)13-6-8-19(9-7-13)15(20)10-17/h2-5,13H,6-11,17H2,1H3,(H,18,21). The fourth-order valence-corrected chi connectivity index (χ4v) is 2.60. The quantitative estimate of drug-likeness (QED) is 0.830. The van der Waals surface area contributed by atoms with Gasteiger partial charge in [0.1, 0.15) is 5.75 Å². The van der Waals surface area contributed by atoms with Crippen molar-refractivity contribution in [3.8, 4) is 5.75 Å². The molecule has 1 aliphatic heterocycles. The summed E-state index contributed by atoms with van der Waals surface area (Å²) >= 11 is 0. The molecule has 0 bridgehead atoms. The molecule has 0 unspecified atom stereocenters. The van der Waals surface area contributed by atoms with Crippen LogP contribution in [0.15, 0.2) is 24.3 Å². The number of benzene rings is 1. The minimum atomic E-state index is -0.0444. The summed E-state index contributed by atoms with van der Waals surface area (Å²) in [5.41, 5.74) is 6.38. The summed E-state index contributed by atoms with van der Waals surface area (Å²) in [5, 5.41) is 2.96. The van der Waals surface area contributed by atoms with Gasteiger partial charge in [-0.3, -0.25) is 9.59 Å². The first kappa shape index (κ1) is 16.3. The molecular weight excluding hydrogens is 282 g/mol. The first-order valence-corrected chi connectivity index (χ1v) is 7.52. The van der Waals surface area contributed by atoms with Gasteiger partial charge < -0.3 is 20.7 Å². The van der Waals surface area contributed by atoms with E-state index < -0.39 is 0 Å². The number of piperidine rings is 1. The van der Waals surface area contributed by atoms with E-state index in [0.29, 0.717) is 32.5 Å². The molecule has 0 atom stereocenters. The van der Waals surface area contributed by atoms with Crippen LogP contribution in [-0.2, 0) is 16.1 Å². The van der Waals surface area contributed by atoms with Crippen molar-refractivity contribution < 1.29 is 14.3 Å². The van der Waals surface area contributed by atoms with Crippen LogP contribution in [0.5, 0.6) is 5.75 Å². The number of carbonyl (C=O) groups is 2. The summed E-state index contributed by atoms with van der Waals surface area (Å²) in [4.78, 5) is 25.4.